The van der Waals surface area contributed by atoms with Crippen LogP contribution in [0.3, 0.4) is 0 Å². The number of nitrogens with one attached hydrogen (secondary N) is 2. The number of aromatic hydroxyl groups is 1. The van der Waals surface area contributed by atoms with E-state index in [1.54, 1.807) is 19.2 Å². The summed E-state index contributed by atoms with van der Waals surface area (Å²) in [4.78, 5) is 11.6. The van der Waals surface area contributed by atoms with E-state index in [0.29, 0.717) is 18.3 Å². The van der Waals surface area contributed by atoms with Crippen LogP contribution < -0.4 is 20.3 Å². The molecular formula is C22H32IN5O2. The third kappa shape index (κ3) is 6.65. The number of ether oxygens (including phenoxy) is 1. The summed E-state index contributed by atoms with van der Waals surface area (Å²) in [6, 6.07) is 9.95. The van der Waals surface area contributed by atoms with Gasteiger partial charge in [-0.2, -0.15) is 0 Å². The van der Waals surface area contributed by atoms with Crippen LogP contribution in [0.5, 0.6) is 11.5 Å². The summed E-state index contributed by atoms with van der Waals surface area (Å²) in [5.74, 6) is 2.46. The molecule has 0 spiro atoms. The lowest BCUT2D eigenvalue weighted by molar-refractivity contribution is 0.373. The molecule has 1 aromatic carbocycles. The van der Waals surface area contributed by atoms with Crippen LogP contribution in [0.1, 0.15) is 30.9 Å². The predicted molar refractivity (Wildman–Crippen MR) is 132 cm³/mol. The first kappa shape index (κ1) is 24.0. The number of pyridine rings is 1. The van der Waals surface area contributed by atoms with Gasteiger partial charge in [0.1, 0.15) is 5.82 Å². The third-order valence-corrected chi connectivity index (χ3v) is 5.06. The van der Waals surface area contributed by atoms with Crippen LogP contribution in [-0.2, 0) is 6.54 Å². The van der Waals surface area contributed by atoms with Gasteiger partial charge in [0.25, 0.3) is 0 Å². The molecule has 0 atom stereocenters. The SMILES string of the molecule is CCNC(=NCc1ccc(OC)c(O)c1)NC1CCN(c2ccc(C)cn2)CC1.I. The number of aryl methyl sites for hydroxylation is 1. The number of rotatable bonds is 6. The van der Waals surface area contributed by atoms with Gasteiger partial charge in [-0.25, -0.2) is 9.98 Å². The van der Waals surface area contributed by atoms with Gasteiger partial charge in [0.15, 0.2) is 17.5 Å². The molecule has 0 amide bonds. The van der Waals surface area contributed by atoms with E-state index in [9.17, 15) is 5.11 Å². The Labute approximate surface area is 196 Å². The van der Waals surface area contributed by atoms with Crippen LogP contribution in [0.15, 0.2) is 41.5 Å². The molecule has 8 heteroatoms. The highest BCUT2D eigenvalue weighted by atomic mass is 127. The maximum absolute atomic E-state index is 9.94. The zero-order valence-corrected chi connectivity index (χ0v) is 20.2. The number of phenolic OH excluding ortho intramolecular Hbond substituents is 1. The van der Waals surface area contributed by atoms with E-state index in [2.05, 4.69) is 51.5 Å². The zero-order valence-electron chi connectivity index (χ0n) is 17.9. The third-order valence-electron chi connectivity index (χ3n) is 5.06. The molecule has 164 valence electrons. The van der Waals surface area contributed by atoms with Gasteiger partial charge >= 0.3 is 0 Å². The molecule has 7 nitrogen and oxygen atoms in total. The zero-order chi connectivity index (χ0) is 20.6. The Morgan fingerprint density at radius 3 is 2.63 bits per heavy atom. The fourth-order valence-corrected chi connectivity index (χ4v) is 3.42. The Kier molecular flexibility index (Phi) is 9.48. The van der Waals surface area contributed by atoms with Crippen molar-refractivity contribution in [2.24, 2.45) is 4.99 Å². The van der Waals surface area contributed by atoms with Crippen LogP contribution >= 0.6 is 24.0 Å². The Morgan fingerprint density at radius 2 is 2.03 bits per heavy atom. The summed E-state index contributed by atoms with van der Waals surface area (Å²) in [5.41, 5.74) is 2.11. The number of piperidine rings is 1. The highest BCUT2D eigenvalue weighted by molar-refractivity contribution is 14.0. The summed E-state index contributed by atoms with van der Waals surface area (Å²) >= 11 is 0. The van der Waals surface area contributed by atoms with Gasteiger partial charge in [0.2, 0.25) is 0 Å². The number of halogens is 1. The minimum atomic E-state index is 0. The minimum Gasteiger partial charge on any atom is -0.504 e. The molecule has 2 aromatic rings. The predicted octanol–water partition coefficient (Wildman–Crippen LogP) is 3.45. The summed E-state index contributed by atoms with van der Waals surface area (Å²) in [6.45, 7) is 7.34. The second-order valence-electron chi connectivity index (χ2n) is 7.30. The van der Waals surface area contributed by atoms with Crippen LogP contribution in [0, 0.1) is 6.92 Å². The first-order valence-corrected chi connectivity index (χ1v) is 10.2. The smallest absolute Gasteiger partial charge is 0.191 e. The fraction of sp³-hybridized carbons (Fsp3) is 0.455. The Bertz CT molecular complexity index is 821. The second kappa shape index (κ2) is 11.8. The highest BCUT2D eigenvalue weighted by Crippen LogP contribution is 2.26. The Hall–Kier alpha value is -2.23. The number of methoxy groups -OCH3 is 1. The number of anilines is 1. The molecule has 0 unspecified atom stereocenters. The standard InChI is InChI=1S/C22H31N5O2.HI/c1-4-23-22(25-15-17-6-7-20(29-3)19(28)13-17)26-18-9-11-27(12-10-18)21-8-5-16(2)14-24-21;/h5-8,13-14,18,28H,4,9-12,15H2,1-3H3,(H2,23,25,26);1H. The number of nitrogens with zero attached hydrogens (tertiary/aromatic N) is 3. The van der Waals surface area contributed by atoms with Gasteiger partial charge in [-0.05, 0) is 56.0 Å². The number of guanidine groups is 1. The van der Waals surface area contributed by atoms with Crippen molar-refractivity contribution in [3.05, 3.63) is 47.7 Å². The number of hydrogen-bond acceptors (Lipinski definition) is 5. The van der Waals surface area contributed by atoms with Crippen molar-refractivity contribution in [1.82, 2.24) is 15.6 Å². The number of aromatic nitrogens is 1. The van der Waals surface area contributed by atoms with E-state index >= 15 is 0 Å². The molecule has 30 heavy (non-hydrogen) atoms. The van der Waals surface area contributed by atoms with E-state index < -0.39 is 0 Å². The fourth-order valence-electron chi connectivity index (χ4n) is 3.42. The largest absolute Gasteiger partial charge is 0.504 e. The molecule has 0 bridgehead atoms. The number of phenols is 1. The molecule has 2 heterocycles. The van der Waals surface area contributed by atoms with Crippen molar-refractivity contribution >= 4 is 35.8 Å². The van der Waals surface area contributed by atoms with Crippen LogP contribution in [0.4, 0.5) is 5.82 Å². The average molecular weight is 525 g/mol. The molecule has 1 aromatic heterocycles. The molecule has 0 saturated carbocycles. The molecule has 1 fully saturated rings. The average Bonchev–Trinajstić information content (AvgIpc) is 2.73. The molecule has 0 radical (unpaired) electrons. The lowest BCUT2D eigenvalue weighted by Crippen LogP contribution is -2.48. The quantitative estimate of drug-likeness (QED) is 0.305. The lowest BCUT2D eigenvalue weighted by Gasteiger charge is -2.33. The van der Waals surface area contributed by atoms with Gasteiger partial charge in [0, 0.05) is 31.9 Å². The summed E-state index contributed by atoms with van der Waals surface area (Å²) in [5, 5.41) is 16.8. The van der Waals surface area contributed by atoms with Crippen molar-refractivity contribution in [2.45, 2.75) is 39.3 Å². The number of benzene rings is 1. The van der Waals surface area contributed by atoms with Crippen molar-refractivity contribution in [3.8, 4) is 11.5 Å². The van der Waals surface area contributed by atoms with Crippen LogP contribution in [0.2, 0.25) is 0 Å². The molecule has 0 aliphatic carbocycles. The van der Waals surface area contributed by atoms with E-state index in [0.717, 1.165) is 49.8 Å². The van der Waals surface area contributed by atoms with Crippen molar-refractivity contribution < 1.29 is 9.84 Å². The lowest BCUT2D eigenvalue weighted by atomic mass is 10.1. The molecule has 1 aliphatic rings. The number of aliphatic imine (C=N–C) groups is 1. The topological polar surface area (TPSA) is 82.0 Å². The number of hydrogen-bond donors (Lipinski definition) is 3. The molecule has 1 aliphatic heterocycles. The minimum absolute atomic E-state index is 0. The molecule has 1 saturated heterocycles. The van der Waals surface area contributed by atoms with Crippen molar-refractivity contribution in [2.75, 3.05) is 31.6 Å². The van der Waals surface area contributed by atoms with Gasteiger partial charge in [-0.15, -0.1) is 24.0 Å². The Balaban J connectivity index is 0.00000320. The van der Waals surface area contributed by atoms with Crippen molar-refractivity contribution in [3.63, 3.8) is 0 Å². The van der Waals surface area contributed by atoms with Gasteiger partial charge in [0.05, 0.1) is 13.7 Å². The summed E-state index contributed by atoms with van der Waals surface area (Å²) < 4.78 is 5.09. The monoisotopic (exact) mass is 525 g/mol. The van der Waals surface area contributed by atoms with Gasteiger partial charge < -0.3 is 25.4 Å². The van der Waals surface area contributed by atoms with E-state index in [1.165, 1.54) is 5.56 Å². The van der Waals surface area contributed by atoms with Gasteiger partial charge in [-0.3, -0.25) is 0 Å². The maximum Gasteiger partial charge on any atom is 0.191 e. The van der Waals surface area contributed by atoms with Crippen molar-refractivity contribution in [1.29, 1.82) is 0 Å². The second-order valence-corrected chi connectivity index (χ2v) is 7.30. The molecular weight excluding hydrogens is 493 g/mol. The van der Waals surface area contributed by atoms with Crippen LogP contribution in [-0.4, -0.2) is 48.8 Å². The molecule has 3 rings (SSSR count). The van der Waals surface area contributed by atoms with E-state index in [4.69, 9.17) is 4.74 Å². The molecule has 3 N–H and O–H groups in total. The highest BCUT2D eigenvalue weighted by Gasteiger charge is 2.20. The van der Waals surface area contributed by atoms with Crippen LogP contribution in [0.25, 0.3) is 0 Å². The Morgan fingerprint density at radius 1 is 1.27 bits per heavy atom. The van der Waals surface area contributed by atoms with E-state index in [-0.39, 0.29) is 29.7 Å². The maximum atomic E-state index is 9.94. The van der Waals surface area contributed by atoms with Gasteiger partial charge in [-0.1, -0.05) is 12.1 Å². The summed E-state index contributed by atoms with van der Waals surface area (Å²) in [6.07, 6.45) is 3.99. The normalized spacial score (nSPS) is 14.8. The first-order chi connectivity index (χ1) is 14.1. The van der Waals surface area contributed by atoms with E-state index in [1.807, 2.05) is 12.3 Å². The first-order valence-electron chi connectivity index (χ1n) is 10.2. The summed E-state index contributed by atoms with van der Waals surface area (Å²) in [7, 11) is 1.54.